The van der Waals surface area contributed by atoms with Gasteiger partial charge in [-0.25, -0.2) is 13.6 Å². The predicted molar refractivity (Wildman–Crippen MR) is 83.2 cm³/mol. The number of urea groups is 1. The Bertz CT molecular complexity index is 690. The van der Waals surface area contributed by atoms with Crippen molar-refractivity contribution in [1.82, 2.24) is 0 Å². The van der Waals surface area contributed by atoms with Gasteiger partial charge in [-0.3, -0.25) is 0 Å². The van der Waals surface area contributed by atoms with Gasteiger partial charge in [0.2, 0.25) is 0 Å². The molecule has 0 spiro atoms. The van der Waals surface area contributed by atoms with E-state index >= 15 is 0 Å². The molecule has 8 heteroatoms. The summed E-state index contributed by atoms with van der Waals surface area (Å²) in [6.45, 7) is 0. The van der Waals surface area contributed by atoms with Crippen LogP contribution in [0.15, 0.2) is 34.8 Å². The maximum atomic E-state index is 13.6. The lowest BCUT2D eigenvalue weighted by molar-refractivity contribution is 0.262. The SMILES string of the molecule is O=C(Nc1cc(Cl)ccc1Cl)Nc1c(F)cc(Br)cc1F. The van der Waals surface area contributed by atoms with Crippen LogP contribution in [-0.2, 0) is 0 Å². The Morgan fingerprint density at radius 3 is 2.29 bits per heavy atom. The molecule has 0 atom stereocenters. The molecule has 2 aromatic rings. The van der Waals surface area contributed by atoms with E-state index < -0.39 is 23.4 Å². The molecule has 0 saturated carbocycles. The highest BCUT2D eigenvalue weighted by Gasteiger charge is 2.14. The summed E-state index contributed by atoms with van der Waals surface area (Å²) >= 11 is 14.6. The van der Waals surface area contributed by atoms with Crippen LogP contribution in [0.1, 0.15) is 0 Å². The van der Waals surface area contributed by atoms with Crippen LogP contribution in [0.5, 0.6) is 0 Å². The van der Waals surface area contributed by atoms with E-state index in [0.717, 1.165) is 12.1 Å². The molecule has 2 rings (SSSR count). The van der Waals surface area contributed by atoms with Crippen molar-refractivity contribution in [2.45, 2.75) is 0 Å². The summed E-state index contributed by atoms with van der Waals surface area (Å²) in [7, 11) is 0. The molecule has 0 radical (unpaired) electrons. The number of halogens is 5. The second-order valence-corrected chi connectivity index (χ2v) is 5.71. The number of benzene rings is 2. The van der Waals surface area contributed by atoms with Crippen molar-refractivity contribution < 1.29 is 13.6 Å². The lowest BCUT2D eigenvalue weighted by Gasteiger charge is -2.11. The first-order valence-corrected chi connectivity index (χ1v) is 7.09. The highest BCUT2D eigenvalue weighted by atomic mass is 79.9. The Hall–Kier alpha value is -1.37. The lowest BCUT2D eigenvalue weighted by Crippen LogP contribution is -2.21. The number of hydrogen-bond donors (Lipinski definition) is 2. The molecule has 110 valence electrons. The molecule has 21 heavy (non-hydrogen) atoms. The third kappa shape index (κ3) is 4.06. The summed E-state index contributed by atoms with van der Waals surface area (Å²) in [4.78, 5) is 11.8. The van der Waals surface area contributed by atoms with E-state index in [1.165, 1.54) is 12.1 Å². The Balaban J connectivity index is 2.17. The second kappa shape index (κ2) is 6.60. The molecule has 2 aromatic carbocycles. The number of carbonyl (C=O) groups excluding carboxylic acids is 1. The van der Waals surface area contributed by atoms with Gasteiger partial charge in [-0.1, -0.05) is 39.1 Å². The van der Waals surface area contributed by atoms with Crippen LogP contribution in [0, 0.1) is 11.6 Å². The molecule has 3 nitrogen and oxygen atoms in total. The van der Waals surface area contributed by atoms with Crippen molar-refractivity contribution >= 4 is 56.5 Å². The molecule has 0 aliphatic carbocycles. The Morgan fingerprint density at radius 1 is 1.05 bits per heavy atom. The molecular formula is C13H7BrCl2F2N2O. The molecule has 0 heterocycles. The summed E-state index contributed by atoms with van der Waals surface area (Å²) in [5, 5.41) is 5.03. The molecule has 0 bridgehead atoms. The quantitative estimate of drug-likeness (QED) is 0.674. The molecular weight excluding hydrogens is 389 g/mol. The summed E-state index contributed by atoms with van der Waals surface area (Å²) in [5.74, 6) is -1.82. The van der Waals surface area contributed by atoms with Crippen molar-refractivity contribution in [1.29, 1.82) is 0 Å². The topological polar surface area (TPSA) is 41.1 Å². The number of amides is 2. The zero-order valence-corrected chi connectivity index (χ0v) is 13.3. The smallest absolute Gasteiger partial charge is 0.306 e. The van der Waals surface area contributed by atoms with Gasteiger partial charge in [-0.15, -0.1) is 0 Å². The maximum absolute atomic E-state index is 13.6. The number of hydrogen-bond acceptors (Lipinski definition) is 1. The van der Waals surface area contributed by atoms with E-state index in [9.17, 15) is 13.6 Å². The van der Waals surface area contributed by atoms with Crippen LogP contribution < -0.4 is 10.6 Å². The number of nitrogens with one attached hydrogen (secondary N) is 2. The molecule has 0 fully saturated rings. The Morgan fingerprint density at radius 2 is 1.67 bits per heavy atom. The van der Waals surface area contributed by atoms with Gasteiger partial charge in [-0.05, 0) is 30.3 Å². The Labute approximate surface area is 137 Å². The fourth-order valence-corrected chi connectivity index (χ4v) is 2.26. The van der Waals surface area contributed by atoms with Crippen molar-refractivity contribution in [3.63, 3.8) is 0 Å². The zero-order valence-electron chi connectivity index (χ0n) is 10.2. The Kier molecular flexibility index (Phi) is 5.03. The minimum Gasteiger partial charge on any atom is -0.306 e. The molecule has 2 N–H and O–H groups in total. The van der Waals surface area contributed by atoms with E-state index in [0.29, 0.717) is 5.02 Å². The largest absolute Gasteiger partial charge is 0.323 e. The standard InChI is InChI=1S/C13H7BrCl2F2N2O/c14-6-3-9(17)12(10(18)4-6)20-13(21)19-11-5-7(15)1-2-8(11)16/h1-5H,(H2,19,20,21). The van der Waals surface area contributed by atoms with Crippen molar-refractivity contribution in [2.24, 2.45) is 0 Å². The summed E-state index contributed by atoms with van der Waals surface area (Å²) in [6, 6.07) is 5.66. The van der Waals surface area contributed by atoms with E-state index in [-0.39, 0.29) is 15.2 Å². The zero-order chi connectivity index (χ0) is 15.6. The highest BCUT2D eigenvalue weighted by molar-refractivity contribution is 9.10. The lowest BCUT2D eigenvalue weighted by atomic mass is 10.3. The normalized spacial score (nSPS) is 10.3. The number of carbonyl (C=O) groups is 1. The van der Waals surface area contributed by atoms with E-state index in [2.05, 4.69) is 26.6 Å². The van der Waals surface area contributed by atoms with Gasteiger partial charge < -0.3 is 10.6 Å². The van der Waals surface area contributed by atoms with E-state index in [4.69, 9.17) is 23.2 Å². The van der Waals surface area contributed by atoms with Gasteiger partial charge in [0.1, 0.15) is 5.69 Å². The third-order valence-corrected chi connectivity index (χ3v) is 3.44. The molecule has 0 saturated heterocycles. The van der Waals surface area contributed by atoms with Gasteiger partial charge in [0.25, 0.3) is 0 Å². The van der Waals surface area contributed by atoms with Crippen LogP contribution in [0.4, 0.5) is 25.0 Å². The molecule has 0 aliphatic rings. The highest BCUT2D eigenvalue weighted by Crippen LogP contribution is 2.27. The first-order chi connectivity index (χ1) is 9.86. The van der Waals surface area contributed by atoms with Crippen LogP contribution in [0.2, 0.25) is 10.0 Å². The van der Waals surface area contributed by atoms with Gasteiger partial charge in [0.05, 0.1) is 10.7 Å². The third-order valence-electron chi connectivity index (χ3n) is 2.42. The average molecular weight is 396 g/mol. The first-order valence-electron chi connectivity index (χ1n) is 5.54. The predicted octanol–water partition coefficient (Wildman–Crippen LogP) is 5.68. The van der Waals surface area contributed by atoms with Crippen molar-refractivity contribution in [2.75, 3.05) is 10.6 Å². The first kappa shape index (κ1) is 16.0. The fourth-order valence-electron chi connectivity index (χ4n) is 1.52. The maximum Gasteiger partial charge on any atom is 0.323 e. The van der Waals surface area contributed by atoms with Crippen molar-refractivity contribution in [3.05, 3.63) is 56.5 Å². The van der Waals surface area contributed by atoms with Crippen LogP contribution >= 0.6 is 39.1 Å². The van der Waals surface area contributed by atoms with Crippen LogP contribution in [0.3, 0.4) is 0 Å². The van der Waals surface area contributed by atoms with Gasteiger partial charge >= 0.3 is 6.03 Å². The molecule has 0 aliphatic heterocycles. The summed E-state index contributed by atoms with van der Waals surface area (Å²) in [5.41, 5.74) is -0.339. The fraction of sp³-hybridized carbons (Fsp3) is 0. The van der Waals surface area contributed by atoms with E-state index in [1.54, 1.807) is 6.07 Å². The van der Waals surface area contributed by atoms with Gasteiger partial charge in [0, 0.05) is 9.50 Å². The average Bonchev–Trinajstić information content (AvgIpc) is 2.38. The van der Waals surface area contributed by atoms with Crippen LogP contribution in [-0.4, -0.2) is 6.03 Å². The molecule has 0 unspecified atom stereocenters. The van der Waals surface area contributed by atoms with E-state index in [1.807, 2.05) is 0 Å². The van der Waals surface area contributed by atoms with Gasteiger partial charge in [0.15, 0.2) is 11.6 Å². The number of anilines is 2. The summed E-state index contributed by atoms with van der Waals surface area (Å²) < 4.78 is 27.4. The number of rotatable bonds is 2. The monoisotopic (exact) mass is 394 g/mol. The van der Waals surface area contributed by atoms with Crippen LogP contribution in [0.25, 0.3) is 0 Å². The molecule has 0 aromatic heterocycles. The van der Waals surface area contributed by atoms with Crippen molar-refractivity contribution in [3.8, 4) is 0 Å². The van der Waals surface area contributed by atoms with Gasteiger partial charge in [-0.2, -0.15) is 0 Å². The minimum absolute atomic E-state index is 0.222. The molecule has 2 amide bonds. The minimum atomic E-state index is -0.908. The second-order valence-electron chi connectivity index (χ2n) is 3.95. The summed E-state index contributed by atoms with van der Waals surface area (Å²) in [6.07, 6.45) is 0.